The van der Waals surface area contributed by atoms with Crippen molar-refractivity contribution in [3.05, 3.63) is 41.5 Å². The molecule has 1 spiro atoms. The van der Waals surface area contributed by atoms with E-state index in [-0.39, 0.29) is 18.2 Å². The number of fused-ring (bicyclic) bond motifs is 4. The Kier molecular flexibility index (Phi) is 2.71. The number of para-hydroxylation sites is 1. The van der Waals surface area contributed by atoms with E-state index in [0.29, 0.717) is 12.8 Å². The van der Waals surface area contributed by atoms with Gasteiger partial charge in [0.15, 0.2) is 5.72 Å². The monoisotopic (exact) mass is 366 g/mol. The highest BCUT2D eigenvalue weighted by Crippen LogP contribution is 2.75. The molecule has 4 bridgehead atoms. The fourth-order valence-electron chi connectivity index (χ4n) is 7.14. The standard InChI is InChI=1S/C21H22N2O4/c1-3-12-10-23-16-8-14(12)19(11-24,18(25)26-2)20-9-17(23)27-21(16,20)22-15-7-5-4-6-13(15)20/h3-7,11,14,16-17,22H,8-10H2,1-2H3/b12-3-/t14-,16-,17-,19+,20-,21-/m0/s1. The summed E-state index contributed by atoms with van der Waals surface area (Å²) in [5.41, 5.74) is 0.303. The number of hydrogen-bond acceptors (Lipinski definition) is 6. The maximum Gasteiger partial charge on any atom is 0.320 e. The molecule has 27 heavy (non-hydrogen) atoms. The zero-order chi connectivity index (χ0) is 18.6. The maximum atomic E-state index is 13.4. The third kappa shape index (κ3) is 1.32. The van der Waals surface area contributed by atoms with Gasteiger partial charge in [0.05, 0.1) is 18.6 Å². The smallest absolute Gasteiger partial charge is 0.320 e. The summed E-state index contributed by atoms with van der Waals surface area (Å²) in [5, 5.41) is 3.63. The van der Waals surface area contributed by atoms with Crippen molar-refractivity contribution in [2.24, 2.45) is 11.3 Å². The first-order chi connectivity index (χ1) is 13.1. The molecule has 4 aliphatic heterocycles. The number of piperidine rings is 2. The summed E-state index contributed by atoms with van der Waals surface area (Å²) in [6.45, 7) is 2.73. The number of ether oxygens (including phenoxy) is 2. The summed E-state index contributed by atoms with van der Waals surface area (Å²) < 4.78 is 11.9. The molecule has 6 rings (SSSR count). The van der Waals surface area contributed by atoms with E-state index >= 15 is 0 Å². The van der Waals surface area contributed by atoms with E-state index in [4.69, 9.17) is 9.47 Å². The number of allylic oxidation sites excluding steroid dienone is 1. The van der Waals surface area contributed by atoms with E-state index in [2.05, 4.69) is 16.3 Å². The Hall–Kier alpha value is -2.18. The normalized spacial score (nSPS) is 46.9. The first-order valence-electron chi connectivity index (χ1n) is 9.60. The predicted molar refractivity (Wildman–Crippen MR) is 96.8 cm³/mol. The van der Waals surface area contributed by atoms with Crippen molar-refractivity contribution in [1.82, 2.24) is 4.90 Å². The number of hydrogen-bond donors (Lipinski definition) is 1. The van der Waals surface area contributed by atoms with Crippen molar-refractivity contribution >= 4 is 17.9 Å². The molecular weight excluding hydrogens is 344 g/mol. The van der Waals surface area contributed by atoms with Gasteiger partial charge in [-0.15, -0.1) is 0 Å². The molecule has 0 radical (unpaired) electrons. The minimum absolute atomic E-state index is 0.101. The molecule has 0 unspecified atom stereocenters. The van der Waals surface area contributed by atoms with E-state index in [0.717, 1.165) is 29.7 Å². The van der Waals surface area contributed by atoms with Crippen LogP contribution >= 0.6 is 0 Å². The summed E-state index contributed by atoms with van der Waals surface area (Å²) in [6.07, 6.45) is 4.18. The zero-order valence-corrected chi connectivity index (χ0v) is 15.4. The number of methoxy groups -OCH3 is 1. The van der Waals surface area contributed by atoms with Crippen molar-refractivity contribution < 1.29 is 19.1 Å². The van der Waals surface area contributed by atoms with Crippen LogP contribution in [0.3, 0.4) is 0 Å². The van der Waals surface area contributed by atoms with Crippen LogP contribution in [-0.4, -0.2) is 48.8 Å². The highest BCUT2D eigenvalue weighted by molar-refractivity contribution is 5.99. The highest BCUT2D eigenvalue weighted by Gasteiger charge is 2.87. The molecule has 1 aromatic rings. The lowest BCUT2D eigenvalue weighted by Gasteiger charge is -2.63. The number of aldehydes is 1. The quantitative estimate of drug-likeness (QED) is 0.373. The van der Waals surface area contributed by atoms with Crippen LogP contribution in [0.1, 0.15) is 25.3 Å². The SMILES string of the molecule is C/C=C1/CN2[C@@H]3C[C@@]45c6ccccc6N[C@]4(O3)[C@@H]2C[C@@H]1[C@]5(C=O)C(=O)OC. The Morgan fingerprint density at radius 2 is 2.22 bits per heavy atom. The van der Waals surface area contributed by atoms with Gasteiger partial charge in [0, 0.05) is 24.6 Å². The summed E-state index contributed by atoms with van der Waals surface area (Å²) in [6, 6.07) is 8.15. The van der Waals surface area contributed by atoms with Crippen LogP contribution in [0, 0.1) is 11.3 Å². The van der Waals surface area contributed by atoms with Crippen LogP contribution < -0.4 is 5.32 Å². The highest BCUT2D eigenvalue weighted by atomic mass is 16.6. The van der Waals surface area contributed by atoms with Crippen LogP contribution in [0.15, 0.2) is 35.9 Å². The van der Waals surface area contributed by atoms with Gasteiger partial charge in [-0.1, -0.05) is 29.8 Å². The lowest BCUT2D eigenvalue weighted by atomic mass is 9.42. The third-order valence-corrected chi connectivity index (χ3v) is 7.99. The van der Waals surface area contributed by atoms with E-state index < -0.39 is 22.5 Å². The lowest BCUT2D eigenvalue weighted by molar-refractivity contribution is -0.182. The van der Waals surface area contributed by atoms with Gasteiger partial charge in [0.25, 0.3) is 0 Å². The molecule has 0 aromatic heterocycles. The van der Waals surface area contributed by atoms with Crippen molar-refractivity contribution in [2.75, 3.05) is 19.0 Å². The number of benzene rings is 1. The number of carbonyl (C=O) groups is 2. The lowest BCUT2D eigenvalue weighted by Crippen LogP contribution is -2.78. The van der Waals surface area contributed by atoms with Crippen LogP contribution in [-0.2, 0) is 24.5 Å². The van der Waals surface area contributed by atoms with Crippen LogP contribution in [0.4, 0.5) is 5.69 Å². The summed E-state index contributed by atoms with van der Waals surface area (Å²) in [7, 11) is 1.38. The van der Waals surface area contributed by atoms with E-state index in [1.54, 1.807) is 0 Å². The minimum Gasteiger partial charge on any atom is -0.468 e. The largest absolute Gasteiger partial charge is 0.468 e. The summed E-state index contributed by atoms with van der Waals surface area (Å²) >= 11 is 0. The van der Waals surface area contributed by atoms with Gasteiger partial charge in [-0.3, -0.25) is 9.69 Å². The van der Waals surface area contributed by atoms with Crippen molar-refractivity contribution in [3.63, 3.8) is 0 Å². The van der Waals surface area contributed by atoms with Gasteiger partial charge in [-0.05, 0) is 25.0 Å². The first-order valence-corrected chi connectivity index (χ1v) is 9.60. The van der Waals surface area contributed by atoms with Crippen LogP contribution in [0.25, 0.3) is 0 Å². The second-order valence-corrected chi connectivity index (χ2v) is 8.41. The summed E-state index contributed by atoms with van der Waals surface area (Å²) in [4.78, 5) is 28.7. The molecular formula is C21H22N2O4. The molecule has 0 amide bonds. The Bertz CT molecular complexity index is 929. The van der Waals surface area contributed by atoms with Gasteiger partial charge >= 0.3 is 5.97 Å². The summed E-state index contributed by atoms with van der Waals surface area (Å²) in [5.74, 6) is -0.611. The second kappa shape index (κ2) is 4.62. The molecule has 1 N–H and O–H groups in total. The number of esters is 1. The van der Waals surface area contributed by atoms with Crippen molar-refractivity contribution in [1.29, 1.82) is 0 Å². The Morgan fingerprint density at radius 3 is 2.96 bits per heavy atom. The molecule has 6 nitrogen and oxygen atoms in total. The van der Waals surface area contributed by atoms with Crippen molar-refractivity contribution in [2.45, 2.75) is 43.2 Å². The van der Waals surface area contributed by atoms with E-state index in [1.807, 2.05) is 31.2 Å². The van der Waals surface area contributed by atoms with E-state index in [9.17, 15) is 9.59 Å². The molecule has 5 aliphatic rings. The maximum absolute atomic E-state index is 13.4. The topological polar surface area (TPSA) is 67.9 Å². The third-order valence-electron chi connectivity index (χ3n) is 7.99. The molecule has 3 saturated heterocycles. The predicted octanol–water partition coefficient (Wildman–Crippen LogP) is 1.81. The number of anilines is 1. The zero-order valence-electron chi connectivity index (χ0n) is 15.4. The minimum atomic E-state index is -1.29. The first kappa shape index (κ1) is 15.8. The molecule has 4 fully saturated rings. The van der Waals surface area contributed by atoms with Gasteiger partial charge in [0.2, 0.25) is 0 Å². The Morgan fingerprint density at radius 1 is 1.41 bits per heavy atom. The molecule has 6 atom stereocenters. The number of rotatable bonds is 2. The number of nitrogens with zero attached hydrogens (tertiary/aromatic N) is 1. The Labute approximate surface area is 157 Å². The molecule has 6 heteroatoms. The Balaban J connectivity index is 1.75. The van der Waals surface area contributed by atoms with Gasteiger partial charge in [0.1, 0.15) is 17.9 Å². The number of nitrogens with one attached hydrogen (secondary N) is 1. The molecule has 1 aromatic carbocycles. The van der Waals surface area contributed by atoms with Gasteiger partial charge in [-0.2, -0.15) is 0 Å². The molecule has 4 heterocycles. The van der Waals surface area contributed by atoms with Crippen molar-refractivity contribution in [3.8, 4) is 0 Å². The number of carbonyl (C=O) groups excluding carboxylic acids is 2. The van der Waals surface area contributed by atoms with Gasteiger partial charge < -0.3 is 19.6 Å². The second-order valence-electron chi connectivity index (χ2n) is 8.41. The van der Waals surface area contributed by atoms with Crippen LogP contribution in [0.5, 0.6) is 0 Å². The average Bonchev–Trinajstić information content (AvgIpc) is 3.30. The molecule has 1 aliphatic carbocycles. The molecule has 140 valence electrons. The fraction of sp³-hybridized carbons (Fsp3) is 0.524. The van der Waals surface area contributed by atoms with Gasteiger partial charge in [-0.25, -0.2) is 0 Å². The van der Waals surface area contributed by atoms with Crippen LogP contribution in [0.2, 0.25) is 0 Å². The average molecular weight is 366 g/mol. The molecule has 1 saturated carbocycles. The van der Waals surface area contributed by atoms with E-state index in [1.165, 1.54) is 7.11 Å². The fourth-order valence-corrected chi connectivity index (χ4v) is 7.14.